The zero-order valence-electron chi connectivity index (χ0n) is 11.9. The van der Waals surface area contributed by atoms with Gasteiger partial charge in [-0.25, -0.2) is 0 Å². The van der Waals surface area contributed by atoms with Gasteiger partial charge >= 0.3 is 11.9 Å². The van der Waals surface area contributed by atoms with Crippen LogP contribution in [0.15, 0.2) is 30.3 Å². The highest BCUT2D eigenvalue weighted by Crippen LogP contribution is 2.53. The first-order valence-corrected chi connectivity index (χ1v) is 8.71. The zero-order chi connectivity index (χ0) is 15.5. The molecule has 2 rings (SSSR count). The molecule has 6 heteroatoms. The molecule has 1 aromatic rings. The minimum absolute atomic E-state index is 0.0776. The van der Waals surface area contributed by atoms with Crippen LogP contribution in [0.4, 0.5) is 0 Å². The number of hydrogen-bond acceptors (Lipinski definition) is 5. The van der Waals surface area contributed by atoms with E-state index >= 15 is 0 Å². The van der Waals surface area contributed by atoms with Gasteiger partial charge < -0.3 is 9.47 Å². The molecule has 114 valence electrons. The van der Waals surface area contributed by atoms with Crippen LogP contribution < -0.4 is 0 Å². The lowest BCUT2D eigenvalue weighted by molar-refractivity contribution is -0.144. The van der Waals surface area contributed by atoms with Crippen molar-refractivity contribution in [2.24, 2.45) is 0 Å². The summed E-state index contributed by atoms with van der Waals surface area (Å²) in [5.74, 6) is -0.542. The van der Waals surface area contributed by atoms with Crippen LogP contribution in [0, 0.1) is 0 Å². The van der Waals surface area contributed by atoms with Crippen LogP contribution in [0.2, 0.25) is 0 Å². The SMILES string of the molecule is COC(=O)[C@@]1(c2ccccc2)C[C@H](I)[C@H](COC(C)=O)S1. The molecule has 4 nitrogen and oxygen atoms in total. The highest BCUT2D eigenvalue weighted by Gasteiger charge is 2.52. The van der Waals surface area contributed by atoms with Gasteiger partial charge in [-0.1, -0.05) is 52.9 Å². The van der Waals surface area contributed by atoms with Gasteiger partial charge in [0.2, 0.25) is 0 Å². The number of ether oxygens (including phenoxy) is 2. The van der Waals surface area contributed by atoms with Crippen LogP contribution >= 0.6 is 34.4 Å². The maximum atomic E-state index is 12.4. The summed E-state index contributed by atoms with van der Waals surface area (Å²) in [6, 6.07) is 9.65. The largest absolute Gasteiger partial charge is 0.468 e. The minimum Gasteiger partial charge on any atom is -0.468 e. The summed E-state index contributed by atoms with van der Waals surface area (Å²) in [6.07, 6.45) is 0.668. The molecular weight excluding hydrogens is 403 g/mol. The van der Waals surface area contributed by atoms with Gasteiger partial charge in [-0.3, -0.25) is 9.59 Å². The smallest absolute Gasteiger partial charge is 0.326 e. The monoisotopic (exact) mass is 420 g/mol. The number of thioether (sulfide) groups is 1. The number of halogens is 1. The van der Waals surface area contributed by atoms with Crippen LogP contribution in [0.25, 0.3) is 0 Å². The Bertz CT molecular complexity index is 522. The van der Waals surface area contributed by atoms with Gasteiger partial charge in [-0.15, -0.1) is 11.8 Å². The Labute approximate surface area is 142 Å². The van der Waals surface area contributed by atoms with Crippen molar-refractivity contribution in [1.82, 2.24) is 0 Å². The van der Waals surface area contributed by atoms with Crippen molar-refractivity contribution in [3.05, 3.63) is 35.9 Å². The third-order valence-corrected chi connectivity index (χ3v) is 6.98. The second-order valence-corrected chi connectivity index (χ2v) is 8.00. The topological polar surface area (TPSA) is 52.6 Å². The van der Waals surface area contributed by atoms with Crippen molar-refractivity contribution < 1.29 is 19.1 Å². The van der Waals surface area contributed by atoms with Crippen LogP contribution in [0.1, 0.15) is 18.9 Å². The molecule has 0 radical (unpaired) electrons. The fraction of sp³-hybridized carbons (Fsp3) is 0.467. The van der Waals surface area contributed by atoms with E-state index in [4.69, 9.17) is 9.47 Å². The predicted molar refractivity (Wildman–Crippen MR) is 90.6 cm³/mol. The number of hydrogen-bond donors (Lipinski definition) is 0. The van der Waals surface area contributed by atoms with E-state index in [-0.39, 0.29) is 21.1 Å². The van der Waals surface area contributed by atoms with Crippen LogP contribution in [0.5, 0.6) is 0 Å². The van der Waals surface area contributed by atoms with E-state index in [9.17, 15) is 9.59 Å². The summed E-state index contributed by atoms with van der Waals surface area (Å²) in [5.41, 5.74) is 0.939. The zero-order valence-corrected chi connectivity index (χ0v) is 14.8. The van der Waals surface area contributed by atoms with Crippen molar-refractivity contribution in [3.8, 4) is 0 Å². The predicted octanol–water partition coefficient (Wildman–Crippen LogP) is 2.93. The lowest BCUT2D eigenvalue weighted by Crippen LogP contribution is -2.31. The highest BCUT2D eigenvalue weighted by atomic mass is 127. The fourth-order valence-corrected chi connectivity index (χ4v) is 5.66. The first kappa shape index (κ1) is 16.6. The second kappa shape index (κ2) is 7.00. The molecule has 3 atom stereocenters. The lowest BCUT2D eigenvalue weighted by Gasteiger charge is -2.26. The number of carbonyl (C=O) groups excluding carboxylic acids is 2. The van der Waals surface area contributed by atoms with Crippen molar-refractivity contribution in [2.45, 2.75) is 27.3 Å². The summed E-state index contributed by atoms with van der Waals surface area (Å²) in [6.45, 7) is 1.71. The fourth-order valence-electron chi connectivity index (χ4n) is 2.43. The van der Waals surface area contributed by atoms with Gasteiger partial charge in [0.05, 0.1) is 12.4 Å². The van der Waals surface area contributed by atoms with Crippen molar-refractivity contribution >= 4 is 46.3 Å². The van der Waals surface area contributed by atoms with E-state index < -0.39 is 4.75 Å². The normalized spacial score (nSPS) is 28.1. The summed E-state index contributed by atoms with van der Waals surface area (Å²) in [4.78, 5) is 23.4. The van der Waals surface area contributed by atoms with E-state index in [1.165, 1.54) is 25.8 Å². The molecule has 0 N–H and O–H groups in total. The number of rotatable bonds is 4. The third kappa shape index (κ3) is 3.53. The molecule has 1 aliphatic rings. The van der Waals surface area contributed by atoms with Gasteiger partial charge in [0.15, 0.2) is 0 Å². The third-order valence-electron chi connectivity index (χ3n) is 3.44. The summed E-state index contributed by atoms with van der Waals surface area (Å²) in [7, 11) is 1.41. The Morgan fingerprint density at radius 2 is 2.05 bits per heavy atom. The second-order valence-electron chi connectivity index (χ2n) is 4.86. The molecule has 1 heterocycles. The molecule has 0 spiro atoms. The standard InChI is InChI=1S/C15H17IO4S/c1-10(17)20-9-13-12(16)8-15(21-13,14(18)19-2)11-6-4-3-5-7-11/h3-7,12-13H,8-9H2,1-2H3/t12-,13-,15-/m0/s1. The van der Waals surface area contributed by atoms with E-state index in [1.807, 2.05) is 30.3 Å². The molecule has 1 aromatic carbocycles. The summed E-state index contributed by atoms with van der Waals surface area (Å²) in [5, 5.41) is 0.0776. The number of carbonyl (C=O) groups is 2. The number of esters is 2. The molecule has 21 heavy (non-hydrogen) atoms. The molecule has 1 fully saturated rings. The number of benzene rings is 1. The Hall–Kier alpha value is -0.760. The Kier molecular flexibility index (Phi) is 5.54. The lowest BCUT2D eigenvalue weighted by atomic mass is 9.93. The highest BCUT2D eigenvalue weighted by molar-refractivity contribution is 14.1. The van der Waals surface area contributed by atoms with Crippen molar-refractivity contribution in [2.75, 3.05) is 13.7 Å². The quantitative estimate of drug-likeness (QED) is 0.426. The molecule has 0 aromatic heterocycles. The van der Waals surface area contributed by atoms with Gasteiger partial charge in [0.25, 0.3) is 0 Å². The molecule has 0 unspecified atom stereocenters. The molecule has 1 aliphatic heterocycles. The van der Waals surface area contributed by atoms with Gasteiger partial charge in [-0.2, -0.15) is 0 Å². The van der Waals surface area contributed by atoms with E-state index in [1.54, 1.807) is 0 Å². The number of methoxy groups -OCH3 is 1. The first-order chi connectivity index (χ1) is 9.99. The Morgan fingerprint density at radius 1 is 1.38 bits per heavy atom. The molecule has 0 amide bonds. The van der Waals surface area contributed by atoms with Crippen LogP contribution in [-0.4, -0.2) is 34.8 Å². The molecule has 0 aliphatic carbocycles. The van der Waals surface area contributed by atoms with Gasteiger partial charge in [0, 0.05) is 10.8 Å². The average molecular weight is 420 g/mol. The van der Waals surface area contributed by atoms with Crippen molar-refractivity contribution in [3.63, 3.8) is 0 Å². The summed E-state index contributed by atoms with van der Waals surface area (Å²) >= 11 is 3.86. The number of alkyl halides is 1. The molecule has 0 bridgehead atoms. The molecule has 1 saturated heterocycles. The maximum Gasteiger partial charge on any atom is 0.326 e. The van der Waals surface area contributed by atoms with E-state index in [2.05, 4.69) is 22.6 Å². The molecule has 0 saturated carbocycles. The van der Waals surface area contributed by atoms with Crippen molar-refractivity contribution in [1.29, 1.82) is 0 Å². The van der Waals surface area contributed by atoms with Crippen LogP contribution in [0.3, 0.4) is 0 Å². The van der Waals surface area contributed by atoms with Crippen LogP contribution in [-0.2, 0) is 23.8 Å². The maximum absolute atomic E-state index is 12.4. The van der Waals surface area contributed by atoms with Gasteiger partial charge in [-0.05, 0) is 12.0 Å². The first-order valence-electron chi connectivity index (χ1n) is 6.59. The summed E-state index contributed by atoms with van der Waals surface area (Å²) < 4.78 is 9.68. The van der Waals surface area contributed by atoms with E-state index in [0.717, 1.165) is 5.56 Å². The van der Waals surface area contributed by atoms with Gasteiger partial charge in [0.1, 0.15) is 11.4 Å². The minimum atomic E-state index is -0.716. The van der Waals surface area contributed by atoms with E-state index in [0.29, 0.717) is 13.0 Å². The Morgan fingerprint density at radius 3 is 2.62 bits per heavy atom. The average Bonchev–Trinajstić information content (AvgIpc) is 2.83. The Balaban J connectivity index is 2.27. The molecular formula is C15H17IO4S.